The van der Waals surface area contributed by atoms with Gasteiger partial charge in [-0.2, -0.15) is 5.10 Å². The fraction of sp³-hybridized carbons (Fsp3) is 0.455. The minimum Gasteiger partial charge on any atom is -0.481 e. The smallest absolute Gasteiger partial charge is 0.410 e. The van der Waals surface area contributed by atoms with Gasteiger partial charge in [0.1, 0.15) is 6.10 Å². The Morgan fingerprint density at radius 1 is 1.35 bits per heavy atom. The minimum atomic E-state index is -0.289. The molecule has 2 fully saturated rings. The third kappa shape index (κ3) is 4.97. The Labute approximate surface area is 180 Å². The van der Waals surface area contributed by atoms with E-state index in [1.165, 1.54) is 0 Å². The molecule has 2 aromatic heterocycles. The Kier molecular flexibility index (Phi) is 6.07. The van der Waals surface area contributed by atoms with Crippen molar-refractivity contribution in [3.63, 3.8) is 0 Å². The van der Waals surface area contributed by atoms with E-state index in [4.69, 9.17) is 15.9 Å². The van der Waals surface area contributed by atoms with Gasteiger partial charge in [-0.05, 0) is 24.8 Å². The lowest BCUT2D eigenvalue weighted by molar-refractivity contribution is -0.115. The van der Waals surface area contributed by atoms with Gasteiger partial charge in [-0.15, -0.1) is 6.42 Å². The number of amides is 2. The molecule has 2 atom stereocenters. The Hall–Kier alpha value is -3.54. The van der Waals surface area contributed by atoms with E-state index in [9.17, 15) is 9.59 Å². The van der Waals surface area contributed by atoms with Gasteiger partial charge in [-0.3, -0.25) is 9.89 Å². The zero-order valence-electron chi connectivity index (χ0n) is 17.3. The molecule has 0 aromatic carbocycles. The number of hydrogen-bond donors (Lipinski definition) is 2. The largest absolute Gasteiger partial charge is 0.481 e. The molecular weight excluding hydrogens is 398 g/mol. The summed E-state index contributed by atoms with van der Waals surface area (Å²) in [6, 6.07) is 5.36. The number of carbonyl (C=O) groups excluding carboxylic acids is 2. The summed E-state index contributed by atoms with van der Waals surface area (Å²) < 4.78 is 10.6. The zero-order chi connectivity index (χ0) is 21.8. The van der Waals surface area contributed by atoms with Crippen LogP contribution in [0.4, 0.5) is 10.6 Å². The van der Waals surface area contributed by atoms with E-state index in [2.05, 4.69) is 26.4 Å². The third-order valence-electron chi connectivity index (χ3n) is 5.70. The number of carbonyl (C=O) groups is 2. The second-order valence-corrected chi connectivity index (χ2v) is 7.93. The van der Waals surface area contributed by atoms with Crippen LogP contribution < -0.4 is 10.1 Å². The Morgan fingerprint density at radius 3 is 2.90 bits per heavy atom. The fourth-order valence-corrected chi connectivity index (χ4v) is 3.90. The second-order valence-electron chi connectivity index (χ2n) is 7.93. The van der Waals surface area contributed by atoms with E-state index in [1.807, 2.05) is 6.07 Å². The van der Waals surface area contributed by atoms with Crippen molar-refractivity contribution in [1.29, 1.82) is 0 Å². The first-order valence-electron chi connectivity index (χ1n) is 10.3. The molecular formula is C22H25N5O4. The van der Waals surface area contributed by atoms with Crippen LogP contribution in [0, 0.1) is 18.3 Å². The number of terminal acetylenes is 1. The lowest BCUT2D eigenvalue weighted by Gasteiger charge is -2.35. The van der Waals surface area contributed by atoms with Crippen molar-refractivity contribution in [2.24, 2.45) is 5.92 Å². The summed E-state index contributed by atoms with van der Waals surface area (Å²) in [6.07, 6.45) is 9.16. The summed E-state index contributed by atoms with van der Waals surface area (Å²) in [5, 5.41) is 9.99. The van der Waals surface area contributed by atoms with Crippen LogP contribution in [-0.4, -0.2) is 58.4 Å². The number of hydrogen-bond acceptors (Lipinski definition) is 6. The first kappa shape index (κ1) is 20.7. The highest BCUT2D eigenvalue weighted by atomic mass is 16.6. The SMILES string of the molecule is C#CC1CN(C(=O)OC2CCC(c3cc(NC(=O)Cc4ccc(OC)nc4)n[nH]3)C2)C1. The average molecular weight is 423 g/mol. The molecule has 31 heavy (non-hydrogen) atoms. The van der Waals surface area contributed by atoms with Crippen LogP contribution in [0.15, 0.2) is 24.4 Å². The molecule has 0 bridgehead atoms. The van der Waals surface area contributed by atoms with Gasteiger partial charge in [0, 0.05) is 43.0 Å². The summed E-state index contributed by atoms with van der Waals surface area (Å²) in [7, 11) is 1.54. The maximum atomic E-state index is 12.3. The summed E-state index contributed by atoms with van der Waals surface area (Å²) in [5.74, 6) is 3.79. The molecule has 162 valence electrons. The number of pyridine rings is 1. The molecule has 1 saturated heterocycles. The highest BCUT2D eigenvalue weighted by Crippen LogP contribution is 2.36. The molecule has 2 N–H and O–H groups in total. The summed E-state index contributed by atoms with van der Waals surface area (Å²) in [6.45, 7) is 1.14. The van der Waals surface area contributed by atoms with Crippen LogP contribution in [0.25, 0.3) is 0 Å². The van der Waals surface area contributed by atoms with Crippen molar-refractivity contribution in [3.8, 4) is 18.2 Å². The van der Waals surface area contributed by atoms with Crippen LogP contribution in [0.5, 0.6) is 5.88 Å². The maximum absolute atomic E-state index is 12.3. The predicted molar refractivity (Wildman–Crippen MR) is 112 cm³/mol. The standard InChI is InChI=1S/C22H25N5O4/c1-3-14-12-27(13-14)22(29)31-17-6-5-16(9-17)18-10-19(26-25-18)24-20(28)8-15-4-7-21(30-2)23-11-15/h1,4,7,10-11,14,16-17H,5-6,8-9,12-13H2,2H3,(H2,24,25,26,28). The second kappa shape index (κ2) is 9.08. The molecule has 0 radical (unpaired) electrons. The summed E-state index contributed by atoms with van der Waals surface area (Å²) >= 11 is 0. The molecule has 1 saturated carbocycles. The average Bonchev–Trinajstić information content (AvgIpc) is 3.37. The Balaban J connectivity index is 1.24. The van der Waals surface area contributed by atoms with E-state index < -0.39 is 0 Å². The van der Waals surface area contributed by atoms with Gasteiger partial charge >= 0.3 is 6.09 Å². The van der Waals surface area contributed by atoms with Crippen molar-refractivity contribution in [1.82, 2.24) is 20.1 Å². The number of aromatic amines is 1. The molecule has 9 nitrogen and oxygen atoms in total. The monoisotopic (exact) mass is 423 g/mol. The van der Waals surface area contributed by atoms with Crippen LogP contribution in [0.2, 0.25) is 0 Å². The number of methoxy groups -OCH3 is 1. The van der Waals surface area contributed by atoms with E-state index in [-0.39, 0.29) is 36.4 Å². The lowest BCUT2D eigenvalue weighted by atomic mass is 10.0. The number of H-pyrrole nitrogens is 1. The quantitative estimate of drug-likeness (QED) is 0.690. The predicted octanol–water partition coefficient (Wildman–Crippen LogP) is 2.33. The van der Waals surface area contributed by atoms with Crippen LogP contribution in [-0.2, 0) is 16.0 Å². The lowest BCUT2D eigenvalue weighted by Crippen LogP contribution is -2.50. The van der Waals surface area contributed by atoms with Crippen molar-refractivity contribution in [2.45, 2.75) is 37.7 Å². The van der Waals surface area contributed by atoms with Crippen LogP contribution in [0.3, 0.4) is 0 Å². The zero-order valence-corrected chi connectivity index (χ0v) is 17.3. The number of ether oxygens (including phenoxy) is 2. The highest BCUT2D eigenvalue weighted by Gasteiger charge is 2.35. The van der Waals surface area contributed by atoms with E-state index in [0.717, 1.165) is 30.5 Å². The first-order valence-corrected chi connectivity index (χ1v) is 10.3. The number of rotatable bonds is 6. The Morgan fingerprint density at radius 2 is 2.19 bits per heavy atom. The van der Waals surface area contributed by atoms with Crippen molar-refractivity contribution in [2.75, 3.05) is 25.5 Å². The Bertz CT molecular complexity index is 975. The number of likely N-dealkylation sites (tertiary alicyclic amines) is 1. The molecule has 1 aliphatic carbocycles. The normalized spacial score (nSPS) is 20.6. The topological polar surface area (TPSA) is 109 Å². The van der Waals surface area contributed by atoms with E-state index >= 15 is 0 Å². The van der Waals surface area contributed by atoms with Gasteiger partial charge in [0.2, 0.25) is 11.8 Å². The molecule has 2 aliphatic rings. The van der Waals surface area contributed by atoms with Crippen LogP contribution >= 0.6 is 0 Å². The summed E-state index contributed by atoms with van der Waals surface area (Å²) in [4.78, 5) is 30.2. The molecule has 9 heteroatoms. The van der Waals surface area contributed by atoms with Gasteiger partial charge in [0.05, 0.1) is 19.4 Å². The maximum Gasteiger partial charge on any atom is 0.410 e. The molecule has 2 unspecified atom stereocenters. The van der Waals surface area contributed by atoms with Gasteiger partial charge in [-0.1, -0.05) is 12.0 Å². The first-order chi connectivity index (χ1) is 15.0. The fourth-order valence-electron chi connectivity index (χ4n) is 3.90. The van der Waals surface area contributed by atoms with Crippen molar-refractivity contribution >= 4 is 17.8 Å². The third-order valence-corrected chi connectivity index (χ3v) is 5.70. The van der Waals surface area contributed by atoms with Crippen LogP contribution in [0.1, 0.15) is 36.4 Å². The molecule has 0 spiro atoms. The van der Waals surface area contributed by atoms with Gasteiger partial charge in [0.15, 0.2) is 5.82 Å². The summed E-state index contributed by atoms with van der Waals surface area (Å²) in [5.41, 5.74) is 1.71. The van der Waals surface area contributed by atoms with Gasteiger partial charge in [-0.25, -0.2) is 9.78 Å². The number of aromatic nitrogens is 3. The van der Waals surface area contributed by atoms with Gasteiger partial charge in [0.25, 0.3) is 0 Å². The van der Waals surface area contributed by atoms with Crippen molar-refractivity contribution < 1.29 is 19.1 Å². The van der Waals surface area contributed by atoms with Gasteiger partial charge < -0.3 is 19.7 Å². The highest BCUT2D eigenvalue weighted by molar-refractivity contribution is 5.91. The minimum absolute atomic E-state index is 0.119. The number of nitrogens with one attached hydrogen (secondary N) is 2. The van der Waals surface area contributed by atoms with E-state index in [1.54, 1.807) is 30.3 Å². The molecule has 4 rings (SSSR count). The molecule has 2 aromatic rings. The number of anilines is 1. The number of nitrogens with zero attached hydrogens (tertiary/aromatic N) is 3. The molecule has 2 amide bonds. The van der Waals surface area contributed by atoms with Crippen molar-refractivity contribution in [3.05, 3.63) is 35.7 Å². The van der Waals surface area contributed by atoms with E-state index in [0.29, 0.717) is 24.8 Å². The molecule has 3 heterocycles. The molecule has 1 aliphatic heterocycles.